The molecule has 0 atom stereocenters. The number of methoxy groups -OCH3 is 2. The molecule has 0 unspecified atom stereocenters. The van der Waals surface area contributed by atoms with Crippen LogP contribution in [-0.4, -0.2) is 14.2 Å². The van der Waals surface area contributed by atoms with Gasteiger partial charge in [-0.05, 0) is 36.4 Å². The van der Waals surface area contributed by atoms with Crippen LogP contribution in [-0.2, 0) is 0 Å². The predicted molar refractivity (Wildman–Crippen MR) is 93.7 cm³/mol. The lowest BCUT2D eigenvalue weighted by molar-refractivity contribution is 0.355. The summed E-state index contributed by atoms with van der Waals surface area (Å²) in [6.45, 7) is 0. The molecule has 0 aliphatic heterocycles. The van der Waals surface area contributed by atoms with E-state index < -0.39 is 5.63 Å². The van der Waals surface area contributed by atoms with Gasteiger partial charge in [0.1, 0.15) is 5.58 Å². The number of hydrogen-bond acceptors (Lipinski definition) is 4. The number of halogens is 2. The maximum absolute atomic E-state index is 12.3. The van der Waals surface area contributed by atoms with Gasteiger partial charge in [-0.15, -0.1) is 0 Å². The maximum atomic E-state index is 12.3. The molecule has 0 saturated carbocycles. The van der Waals surface area contributed by atoms with E-state index in [0.29, 0.717) is 37.7 Å². The van der Waals surface area contributed by atoms with Gasteiger partial charge in [-0.3, -0.25) is 0 Å². The first-order valence-electron chi connectivity index (χ1n) is 6.69. The van der Waals surface area contributed by atoms with Crippen molar-refractivity contribution in [2.24, 2.45) is 0 Å². The van der Waals surface area contributed by atoms with Crippen LogP contribution in [0.15, 0.2) is 50.1 Å². The molecule has 6 heteroatoms. The molecule has 1 heterocycles. The van der Waals surface area contributed by atoms with Crippen LogP contribution in [0, 0.1) is 0 Å². The van der Waals surface area contributed by atoms with E-state index >= 15 is 0 Å². The molecule has 2 aromatic carbocycles. The minimum Gasteiger partial charge on any atom is -0.493 e. The number of rotatable bonds is 3. The molecule has 0 saturated heterocycles. The highest BCUT2D eigenvalue weighted by molar-refractivity contribution is 9.10. The Balaban J connectivity index is 2.27. The number of fused-ring (bicyclic) bond motifs is 1. The summed E-state index contributed by atoms with van der Waals surface area (Å²) in [5.41, 5.74) is 1.11. The lowest BCUT2D eigenvalue weighted by atomic mass is 10.1. The molecule has 4 nitrogen and oxygen atoms in total. The lowest BCUT2D eigenvalue weighted by Gasteiger charge is -2.11. The van der Waals surface area contributed by atoms with E-state index in [2.05, 4.69) is 15.9 Å². The van der Waals surface area contributed by atoms with E-state index in [4.69, 9.17) is 25.5 Å². The first-order valence-corrected chi connectivity index (χ1v) is 7.86. The summed E-state index contributed by atoms with van der Waals surface area (Å²) < 4.78 is 16.6. The Bertz CT molecular complexity index is 949. The number of hydrogen-bond donors (Lipinski definition) is 0. The Hall–Kier alpha value is -1.98. The fraction of sp³-hybridized carbons (Fsp3) is 0.118. The Labute approximate surface area is 145 Å². The smallest absolute Gasteiger partial charge is 0.344 e. The standard InChI is InChI=1S/C17H12BrClO4/c1-21-15-7-11(13(18)8-16(15)22-2)12-6-9-5-10(19)3-4-14(9)23-17(12)20/h3-8H,1-2H3. The van der Waals surface area contributed by atoms with E-state index in [0.717, 1.165) is 5.39 Å². The monoisotopic (exact) mass is 394 g/mol. The molecule has 0 spiro atoms. The highest BCUT2D eigenvalue weighted by atomic mass is 79.9. The average Bonchev–Trinajstić information content (AvgIpc) is 2.54. The van der Waals surface area contributed by atoms with Gasteiger partial charge in [-0.1, -0.05) is 27.5 Å². The second kappa shape index (κ2) is 6.26. The summed E-state index contributed by atoms with van der Waals surface area (Å²) in [6, 6.07) is 10.3. The summed E-state index contributed by atoms with van der Waals surface area (Å²) in [5.74, 6) is 1.09. The average molecular weight is 396 g/mol. The molecule has 0 radical (unpaired) electrons. The molecule has 3 rings (SSSR count). The Kier molecular flexibility index (Phi) is 4.33. The van der Waals surface area contributed by atoms with Crippen LogP contribution in [0.2, 0.25) is 5.02 Å². The van der Waals surface area contributed by atoms with Crippen LogP contribution < -0.4 is 15.1 Å². The topological polar surface area (TPSA) is 48.7 Å². The Morgan fingerprint density at radius 1 is 1.00 bits per heavy atom. The van der Waals surface area contributed by atoms with E-state index in [9.17, 15) is 4.79 Å². The third-order valence-electron chi connectivity index (χ3n) is 3.46. The third kappa shape index (κ3) is 2.94. The zero-order valence-electron chi connectivity index (χ0n) is 12.4. The van der Waals surface area contributed by atoms with Crippen molar-refractivity contribution >= 4 is 38.5 Å². The van der Waals surface area contributed by atoms with Gasteiger partial charge in [0.25, 0.3) is 0 Å². The fourth-order valence-electron chi connectivity index (χ4n) is 2.34. The first kappa shape index (κ1) is 15.9. The summed E-state index contributed by atoms with van der Waals surface area (Å²) >= 11 is 9.47. The Morgan fingerprint density at radius 3 is 2.39 bits per heavy atom. The van der Waals surface area contributed by atoms with Crippen LogP contribution in [0.25, 0.3) is 22.1 Å². The van der Waals surface area contributed by atoms with Gasteiger partial charge < -0.3 is 13.9 Å². The van der Waals surface area contributed by atoms with Crippen molar-refractivity contribution in [2.75, 3.05) is 14.2 Å². The number of ether oxygens (including phenoxy) is 2. The summed E-state index contributed by atoms with van der Waals surface area (Å²) in [6.07, 6.45) is 0. The molecule has 0 amide bonds. The predicted octanol–water partition coefficient (Wildman–Crippen LogP) is 4.89. The van der Waals surface area contributed by atoms with Crippen molar-refractivity contribution in [3.63, 3.8) is 0 Å². The van der Waals surface area contributed by atoms with Crippen molar-refractivity contribution in [3.05, 3.63) is 56.3 Å². The molecular formula is C17H12BrClO4. The second-order valence-electron chi connectivity index (χ2n) is 4.82. The van der Waals surface area contributed by atoms with Crippen LogP contribution in [0.4, 0.5) is 0 Å². The van der Waals surface area contributed by atoms with Crippen molar-refractivity contribution in [1.82, 2.24) is 0 Å². The van der Waals surface area contributed by atoms with Crippen molar-refractivity contribution in [1.29, 1.82) is 0 Å². The molecule has 118 valence electrons. The minimum absolute atomic E-state index is 0.410. The van der Waals surface area contributed by atoms with Gasteiger partial charge in [-0.2, -0.15) is 0 Å². The SMILES string of the molecule is COc1cc(Br)c(-c2cc3cc(Cl)ccc3oc2=O)cc1OC. The molecular weight excluding hydrogens is 384 g/mol. The highest BCUT2D eigenvalue weighted by Gasteiger charge is 2.15. The van der Waals surface area contributed by atoms with Gasteiger partial charge in [0.2, 0.25) is 0 Å². The van der Waals surface area contributed by atoms with E-state index in [1.807, 2.05) is 0 Å². The van der Waals surface area contributed by atoms with Crippen LogP contribution in [0.3, 0.4) is 0 Å². The fourth-order valence-corrected chi connectivity index (χ4v) is 3.06. The van der Waals surface area contributed by atoms with Gasteiger partial charge in [0.15, 0.2) is 11.5 Å². The van der Waals surface area contributed by atoms with Crippen LogP contribution in [0.5, 0.6) is 11.5 Å². The summed E-state index contributed by atoms with van der Waals surface area (Å²) in [5, 5.41) is 1.32. The summed E-state index contributed by atoms with van der Waals surface area (Å²) in [7, 11) is 3.09. The molecule has 23 heavy (non-hydrogen) atoms. The zero-order valence-corrected chi connectivity index (χ0v) is 14.7. The van der Waals surface area contributed by atoms with Gasteiger partial charge in [-0.25, -0.2) is 4.79 Å². The third-order valence-corrected chi connectivity index (χ3v) is 4.35. The van der Waals surface area contributed by atoms with Crippen LogP contribution >= 0.6 is 27.5 Å². The molecule has 0 N–H and O–H groups in total. The first-order chi connectivity index (χ1) is 11.0. The highest BCUT2D eigenvalue weighted by Crippen LogP contribution is 2.38. The van der Waals surface area contributed by atoms with Crippen molar-refractivity contribution in [3.8, 4) is 22.6 Å². The lowest BCUT2D eigenvalue weighted by Crippen LogP contribution is -2.03. The van der Waals surface area contributed by atoms with Crippen molar-refractivity contribution in [2.45, 2.75) is 0 Å². The molecule has 0 bridgehead atoms. The minimum atomic E-state index is -0.437. The zero-order chi connectivity index (χ0) is 16.6. The molecule has 0 aliphatic rings. The summed E-state index contributed by atoms with van der Waals surface area (Å²) in [4.78, 5) is 12.3. The van der Waals surface area contributed by atoms with E-state index in [-0.39, 0.29) is 0 Å². The van der Waals surface area contributed by atoms with Crippen LogP contribution in [0.1, 0.15) is 0 Å². The van der Waals surface area contributed by atoms with Gasteiger partial charge >= 0.3 is 5.63 Å². The van der Waals surface area contributed by atoms with Crippen molar-refractivity contribution < 1.29 is 13.9 Å². The molecule has 1 aromatic heterocycles. The quantitative estimate of drug-likeness (QED) is 0.592. The largest absolute Gasteiger partial charge is 0.493 e. The van der Waals surface area contributed by atoms with Gasteiger partial charge in [0, 0.05) is 20.4 Å². The second-order valence-corrected chi connectivity index (χ2v) is 6.11. The molecule has 0 aliphatic carbocycles. The van der Waals surface area contributed by atoms with Gasteiger partial charge in [0.05, 0.1) is 19.8 Å². The molecule has 0 fully saturated rings. The normalized spacial score (nSPS) is 10.8. The van der Waals surface area contributed by atoms with E-state index in [1.165, 1.54) is 7.11 Å². The maximum Gasteiger partial charge on any atom is 0.344 e. The van der Waals surface area contributed by atoms with E-state index in [1.54, 1.807) is 43.5 Å². The molecule has 3 aromatic rings. The number of benzene rings is 2. The Morgan fingerprint density at radius 2 is 1.70 bits per heavy atom.